The number of amidine groups is 1. The summed E-state index contributed by atoms with van der Waals surface area (Å²) in [4.78, 5) is 15.0. The fourth-order valence-electron chi connectivity index (χ4n) is 4.41. The van der Waals surface area contributed by atoms with E-state index in [1.54, 1.807) is 41.3 Å². The lowest BCUT2D eigenvalue weighted by Crippen LogP contribution is -2.43. The summed E-state index contributed by atoms with van der Waals surface area (Å²) < 4.78 is 40.2. The summed E-state index contributed by atoms with van der Waals surface area (Å²) in [6.07, 6.45) is 3.66. The second-order valence-corrected chi connectivity index (χ2v) is 9.77. The molecule has 32 heavy (non-hydrogen) atoms. The number of rotatable bonds is 5. The lowest BCUT2D eigenvalue weighted by atomic mass is 10.1. The van der Waals surface area contributed by atoms with Crippen LogP contribution in [0.2, 0.25) is 0 Å². The van der Waals surface area contributed by atoms with Crippen LogP contribution in [-0.2, 0) is 19.6 Å². The molecule has 1 N–H and O–H groups in total. The van der Waals surface area contributed by atoms with Gasteiger partial charge in [0.15, 0.2) is 5.84 Å². The Morgan fingerprint density at radius 1 is 1.12 bits per heavy atom. The average molecular weight is 456 g/mol. The van der Waals surface area contributed by atoms with Crippen molar-refractivity contribution in [2.75, 3.05) is 25.1 Å². The third-order valence-corrected chi connectivity index (χ3v) is 7.35. The van der Waals surface area contributed by atoms with Crippen LogP contribution in [0.1, 0.15) is 31.2 Å². The molecule has 8 nitrogen and oxygen atoms in total. The molecular weight excluding hydrogens is 430 g/mol. The van der Waals surface area contributed by atoms with Crippen molar-refractivity contribution in [3.05, 3.63) is 54.1 Å². The van der Waals surface area contributed by atoms with E-state index in [0.29, 0.717) is 36.7 Å². The maximum atomic E-state index is 13.0. The van der Waals surface area contributed by atoms with Crippen LogP contribution < -0.4 is 10.1 Å². The van der Waals surface area contributed by atoms with Crippen LogP contribution in [0, 0.1) is 0 Å². The number of nitrogens with one attached hydrogen (secondary N) is 1. The number of nitrogens with zero attached hydrogens (tertiary/aromatic N) is 2. The quantitative estimate of drug-likeness (QED) is 0.745. The number of carbonyl (C=O) groups excluding carboxylic acids is 1. The van der Waals surface area contributed by atoms with Gasteiger partial charge in [0.25, 0.3) is 10.0 Å². The zero-order valence-corrected chi connectivity index (χ0v) is 18.4. The molecule has 1 amide bonds. The molecule has 5 rings (SSSR count). The molecule has 0 aromatic heterocycles. The van der Waals surface area contributed by atoms with Gasteiger partial charge in [-0.1, -0.05) is 12.1 Å². The molecule has 2 aromatic rings. The third-order valence-electron chi connectivity index (χ3n) is 6.02. The van der Waals surface area contributed by atoms with Crippen LogP contribution in [0.4, 0.5) is 5.69 Å². The molecule has 0 saturated carbocycles. The highest BCUT2D eigenvalue weighted by molar-refractivity contribution is 7.90. The van der Waals surface area contributed by atoms with Gasteiger partial charge in [0.1, 0.15) is 23.3 Å². The van der Waals surface area contributed by atoms with Gasteiger partial charge >= 0.3 is 0 Å². The topological polar surface area (TPSA) is 97.3 Å². The second-order valence-electron chi connectivity index (χ2n) is 8.20. The molecule has 0 bridgehead atoms. The summed E-state index contributed by atoms with van der Waals surface area (Å²) in [6, 6.07) is 13.5. The van der Waals surface area contributed by atoms with Crippen molar-refractivity contribution in [1.82, 2.24) is 4.90 Å². The van der Waals surface area contributed by atoms with Crippen molar-refractivity contribution in [2.45, 2.75) is 42.7 Å². The van der Waals surface area contributed by atoms with E-state index < -0.39 is 16.1 Å². The zero-order valence-electron chi connectivity index (χ0n) is 17.6. The number of carbonyl (C=O) groups is 1. The first-order valence-corrected chi connectivity index (χ1v) is 12.3. The number of likely N-dealkylation sites (tertiary alicyclic amines) is 1. The molecule has 9 heteroatoms. The molecule has 3 aliphatic rings. The van der Waals surface area contributed by atoms with Gasteiger partial charge in [-0.3, -0.25) is 4.79 Å². The van der Waals surface area contributed by atoms with E-state index in [9.17, 15) is 13.2 Å². The minimum absolute atomic E-state index is 0.148. The van der Waals surface area contributed by atoms with Crippen LogP contribution in [0.15, 0.2) is 57.8 Å². The van der Waals surface area contributed by atoms with Crippen molar-refractivity contribution >= 4 is 27.5 Å². The fourth-order valence-corrected chi connectivity index (χ4v) is 5.63. The molecule has 0 radical (unpaired) electrons. The van der Waals surface area contributed by atoms with E-state index in [4.69, 9.17) is 9.47 Å². The molecule has 168 valence electrons. The zero-order chi connectivity index (χ0) is 22.1. The Hall–Kier alpha value is -2.91. The van der Waals surface area contributed by atoms with Gasteiger partial charge in [0, 0.05) is 24.4 Å². The van der Waals surface area contributed by atoms with Crippen molar-refractivity contribution in [2.24, 2.45) is 4.40 Å². The number of ether oxygens (including phenoxy) is 2. The number of sulfonamides is 1. The van der Waals surface area contributed by atoms with Crippen molar-refractivity contribution in [1.29, 1.82) is 0 Å². The van der Waals surface area contributed by atoms with Crippen molar-refractivity contribution in [3.63, 3.8) is 0 Å². The third kappa shape index (κ3) is 4.10. The van der Waals surface area contributed by atoms with E-state index in [0.717, 1.165) is 31.6 Å². The molecule has 2 fully saturated rings. The first-order chi connectivity index (χ1) is 15.5. The second kappa shape index (κ2) is 8.55. The molecule has 3 aliphatic heterocycles. The minimum atomic E-state index is -3.73. The van der Waals surface area contributed by atoms with E-state index in [1.807, 2.05) is 12.1 Å². The fraction of sp³-hybridized carbons (Fsp3) is 0.391. The molecule has 2 aromatic carbocycles. The average Bonchev–Trinajstić information content (AvgIpc) is 3.53. The van der Waals surface area contributed by atoms with E-state index in [-0.39, 0.29) is 16.9 Å². The molecule has 2 atom stereocenters. The Kier molecular flexibility index (Phi) is 5.60. The largest absolute Gasteiger partial charge is 0.491 e. The SMILES string of the molecule is O=C(Nc1ccc(OCC2CCCO2)cc1)[C@@H]1CCCN1C1=NS(=O)(=O)c2ccccc21. The highest BCUT2D eigenvalue weighted by atomic mass is 32.2. The summed E-state index contributed by atoms with van der Waals surface area (Å²) in [5.74, 6) is 0.902. The number of benzene rings is 2. The number of hydrogen-bond donors (Lipinski definition) is 1. The number of amides is 1. The van der Waals surface area contributed by atoms with Crippen LogP contribution in [0.5, 0.6) is 5.75 Å². The molecule has 3 heterocycles. The molecular formula is C23H25N3O5S. The normalized spacial score (nSPS) is 23.6. The molecule has 0 aliphatic carbocycles. The maximum Gasteiger partial charge on any atom is 0.285 e. The first kappa shape index (κ1) is 21.0. The van der Waals surface area contributed by atoms with Crippen LogP contribution >= 0.6 is 0 Å². The van der Waals surface area contributed by atoms with Gasteiger partial charge in [0.05, 0.1) is 6.10 Å². The summed E-state index contributed by atoms with van der Waals surface area (Å²) >= 11 is 0. The number of hydrogen-bond acceptors (Lipinski definition) is 6. The molecule has 2 saturated heterocycles. The first-order valence-electron chi connectivity index (χ1n) is 10.9. The van der Waals surface area contributed by atoms with Gasteiger partial charge in [0.2, 0.25) is 5.91 Å². The summed E-state index contributed by atoms with van der Waals surface area (Å²) in [5, 5.41) is 2.94. The van der Waals surface area contributed by atoms with Gasteiger partial charge in [-0.05, 0) is 62.1 Å². The smallest absolute Gasteiger partial charge is 0.285 e. The minimum Gasteiger partial charge on any atom is -0.491 e. The molecule has 0 spiro atoms. The predicted octanol–water partition coefficient (Wildman–Crippen LogP) is 2.80. The van der Waals surface area contributed by atoms with E-state index in [1.165, 1.54) is 0 Å². The lowest BCUT2D eigenvalue weighted by Gasteiger charge is -2.25. The monoisotopic (exact) mass is 455 g/mol. The van der Waals surface area contributed by atoms with Gasteiger partial charge in [-0.2, -0.15) is 8.42 Å². The van der Waals surface area contributed by atoms with Crippen molar-refractivity contribution in [3.8, 4) is 5.75 Å². The van der Waals surface area contributed by atoms with Gasteiger partial charge < -0.3 is 19.7 Å². The summed E-state index contributed by atoms with van der Waals surface area (Å²) in [6.45, 7) is 1.90. The van der Waals surface area contributed by atoms with E-state index >= 15 is 0 Å². The molecule has 1 unspecified atom stereocenters. The Labute approximate surface area is 187 Å². The number of anilines is 1. The number of fused-ring (bicyclic) bond motifs is 1. The van der Waals surface area contributed by atoms with E-state index in [2.05, 4.69) is 9.71 Å². The Bertz CT molecular complexity index is 1140. The Morgan fingerprint density at radius 2 is 1.94 bits per heavy atom. The van der Waals surface area contributed by atoms with Gasteiger partial charge in [-0.25, -0.2) is 0 Å². The lowest BCUT2D eigenvalue weighted by molar-refractivity contribution is -0.119. The summed E-state index contributed by atoms with van der Waals surface area (Å²) in [5.41, 5.74) is 1.22. The van der Waals surface area contributed by atoms with Crippen molar-refractivity contribution < 1.29 is 22.7 Å². The Morgan fingerprint density at radius 3 is 2.72 bits per heavy atom. The van der Waals surface area contributed by atoms with Gasteiger partial charge in [-0.15, -0.1) is 4.40 Å². The van der Waals surface area contributed by atoms with Crippen LogP contribution in [0.3, 0.4) is 0 Å². The Balaban J connectivity index is 1.25. The van der Waals surface area contributed by atoms with Crippen LogP contribution in [-0.4, -0.2) is 57.0 Å². The highest BCUT2D eigenvalue weighted by Crippen LogP contribution is 2.31. The standard InChI is InChI=1S/C23H25N3O5S/c27-23(24-16-9-11-17(12-10-16)31-15-18-5-4-14-30-18)20-7-3-13-26(20)22-19-6-1-2-8-21(19)32(28,29)25-22/h1-2,6,8-12,18,20H,3-5,7,13-15H2,(H,24,27)/t18?,20-/m0/s1. The van der Waals surface area contributed by atoms with Crippen LogP contribution in [0.25, 0.3) is 0 Å². The maximum absolute atomic E-state index is 13.0. The predicted molar refractivity (Wildman–Crippen MR) is 119 cm³/mol. The highest BCUT2D eigenvalue weighted by Gasteiger charge is 2.39. The summed E-state index contributed by atoms with van der Waals surface area (Å²) in [7, 11) is -3.73.